The average molecular weight is 511 g/mol. The summed E-state index contributed by atoms with van der Waals surface area (Å²) in [5.74, 6) is 0.205. The molecule has 0 unspecified atom stereocenters. The number of benzene rings is 2. The number of hydrogen-bond donors (Lipinski definition) is 1. The highest BCUT2D eigenvalue weighted by atomic mass is 32.1. The van der Waals surface area contributed by atoms with Crippen LogP contribution in [0.3, 0.4) is 0 Å². The lowest BCUT2D eigenvalue weighted by Gasteiger charge is -2.32. The van der Waals surface area contributed by atoms with Gasteiger partial charge in [-0.15, -0.1) is 11.3 Å². The molecule has 1 aromatic heterocycles. The van der Waals surface area contributed by atoms with Crippen molar-refractivity contribution in [2.24, 2.45) is 0 Å². The van der Waals surface area contributed by atoms with E-state index in [0.29, 0.717) is 46.2 Å². The third-order valence-electron chi connectivity index (χ3n) is 5.93. The Kier molecular flexibility index (Phi) is 7.49. The maximum atomic E-state index is 13.7. The van der Waals surface area contributed by atoms with Crippen molar-refractivity contribution < 1.29 is 28.6 Å². The molecular weight excluding hydrogens is 480 g/mol. The van der Waals surface area contributed by atoms with Crippen molar-refractivity contribution in [3.63, 3.8) is 0 Å². The second kappa shape index (κ2) is 10.6. The summed E-state index contributed by atoms with van der Waals surface area (Å²) in [6, 6.07) is 9.43. The molecule has 8 nitrogen and oxygen atoms in total. The van der Waals surface area contributed by atoms with Crippen LogP contribution in [0, 0.1) is 13.8 Å². The number of amides is 2. The van der Waals surface area contributed by atoms with Gasteiger partial charge in [-0.1, -0.05) is 25.1 Å². The molecule has 2 aromatic carbocycles. The van der Waals surface area contributed by atoms with E-state index in [1.54, 1.807) is 11.8 Å². The van der Waals surface area contributed by atoms with Gasteiger partial charge in [0.15, 0.2) is 6.10 Å². The zero-order valence-corrected chi connectivity index (χ0v) is 21.9. The Hall–Kier alpha value is -3.59. The van der Waals surface area contributed by atoms with E-state index in [1.165, 1.54) is 18.3 Å². The Bertz CT molecular complexity index is 1330. The van der Waals surface area contributed by atoms with E-state index in [1.807, 2.05) is 51.1 Å². The van der Waals surface area contributed by atoms with Gasteiger partial charge in [0.1, 0.15) is 28.7 Å². The van der Waals surface area contributed by atoms with Crippen LogP contribution in [0.2, 0.25) is 0 Å². The van der Waals surface area contributed by atoms with E-state index in [4.69, 9.17) is 14.2 Å². The molecule has 2 amide bonds. The minimum Gasteiger partial charge on any atom is -0.490 e. The lowest BCUT2D eigenvalue weighted by Crippen LogP contribution is -2.45. The molecule has 1 atom stereocenters. The van der Waals surface area contributed by atoms with Crippen molar-refractivity contribution in [2.45, 2.75) is 47.1 Å². The highest BCUT2D eigenvalue weighted by Crippen LogP contribution is 2.43. The molecule has 0 saturated carbocycles. The van der Waals surface area contributed by atoms with Crippen LogP contribution >= 0.6 is 11.3 Å². The van der Waals surface area contributed by atoms with Gasteiger partial charge in [0.05, 0.1) is 23.5 Å². The number of hydrogen-bond acceptors (Lipinski definition) is 7. The van der Waals surface area contributed by atoms with Crippen molar-refractivity contribution >= 4 is 49.9 Å². The Morgan fingerprint density at radius 1 is 1.17 bits per heavy atom. The molecule has 0 aliphatic carbocycles. The molecule has 0 bridgehead atoms. The van der Waals surface area contributed by atoms with Crippen LogP contribution in [-0.4, -0.2) is 43.6 Å². The fourth-order valence-corrected chi connectivity index (χ4v) is 5.49. The van der Waals surface area contributed by atoms with Gasteiger partial charge in [0, 0.05) is 12.3 Å². The summed E-state index contributed by atoms with van der Waals surface area (Å²) in [5, 5.41) is 3.74. The third-order valence-corrected chi connectivity index (χ3v) is 7.05. The number of ether oxygens (including phenoxy) is 3. The number of carbonyl (C=O) groups is 3. The zero-order chi connectivity index (χ0) is 26.0. The number of thiophene rings is 1. The number of aryl methyl sites for hydroxylation is 2. The summed E-state index contributed by atoms with van der Waals surface area (Å²) in [6.45, 7) is 9.91. The minimum absolute atomic E-state index is 0.159. The molecule has 0 saturated heterocycles. The summed E-state index contributed by atoms with van der Waals surface area (Å²) in [7, 11) is 0. The van der Waals surface area contributed by atoms with Crippen molar-refractivity contribution in [2.75, 3.05) is 30.0 Å². The van der Waals surface area contributed by atoms with Crippen LogP contribution in [0.4, 0.5) is 10.7 Å². The summed E-state index contributed by atoms with van der Waals surface area (Å²) in [5.41, 5.74) is 2.87. The zero-order valence-electron chi connectivity index (χ0n) is 21.1. The van der Waals surface area contributed by atoms with Gasteiger partial charge in [0.25, 0.3) is 5.91 Å². The van der Waals surface area contributed by atoms with Gasteiger partial charge >= 0.3 is 5.97 Å². The number of rotatable bonds is 7. The van der Waals surface area contributed by atoms with Gasteiger partial charge < -0.3 is 24.4 Å². The van der Waals surface area contributed by atoms with Crippen LogP contribution in [0.15, 0.2) is 30.3 Å². The van der Waals surface area contributed by atoms with Crippen LogP contribution in [-0.2, 0) is 14.3 Å². The van der Waals surface area contributed by atoms with Crippen molar-refractivity contribution in [3.8, 4) is 11.5 Å². The highest BCUT2D eigenvalue weighted by Gasteiger charge is 2.32. The fraction of sp³-hybridized carbons (Fsp3) is 0.370. The molecule has 3 aromatic rings. The van der Waals surface area contributed by atoms with Gasteiger partial charge in [0.2, 0.25) is 5.91 Å². The number of esters is 1. The van der Waals surface area contributed by atoms with E-state index in [-0.39, 0.29) is 24.0 Å². The molecule has 36 heavy (non-hydrogen) atoms. The van der Waals surface area contributed by atoms with Gasteiger partial charge in [-0.3, -0.25) is 9.59 Å². The maximum Gasteiger partial charge on any atom is 0.341 e. The third kappa shape index (κ3) is 4.88. The van der Waals surface area contributed by atoms with Crippen molar-refractivity contribution in [3.05, 3.63) is 47.0 Å². The molecular formula is C27H30N2O6S. The van der Waals surface area contributed by atoms with Gasteiger partial charge in [-0.05, 0) is 50.5 Å². The number of fused-ring (bicyclic) bond motifs is 2. The largest absolute Gasteiger partial charge is 0.490 e. The molecule has 0 radical (unpaired) electrons. The van der Waals surface area contributed by atoms with Crippen molar-refractivity contribution in [1.29, 1.82) is 0 Å². The molecule has 1 aliphatic heterocycles. The summed E-state index contributed by atoms with van der Waals surface area (Å²) < 4.78 is 18.1. The summed E-state index contributed by atoms with van der Waals surface area (Å²) in [6.07, 6.45) is -0.305. The Balaban J connectivity index is 1.74. The number of nitrogens with zero attached hydrogens (tertiary/aromatic N) is 1. The average Bonchev–Trinajstić information content (AvgIpc) is 3.20. The summed E-state index contributed by atoms with van der Waals surface area (Å²) in [4.78, 5) is 40.0. The molecule has 190 valence electrons. The maximum absolute atomic E-state index is 13.7. The molecule has 4 rings (SSSR count). The first-order valence-corrected chi connectivity index (χ1v) is 12.8. The Labute approximate surface area is 214 Å². The molecule has 0 spiro atoms. The number of anilines is 2. The van der Waals surface area contributed by atoms with Crippen LogP contribution in [0.25, 0.3) is 10.1 Å². The highest BCUT2D eigenvalue weighted by molar-refractivity contribution is 7.24. The smallest absolute Gasteiger partial charge is 0.341 e. The van der Waals surface area contributed by atoms with E-state index >= 15 is 0 Å². The molecule has 1 N–H and O–H groups in total. The lowest BCUT2D eigenvalue weighted by atomic mass is 10.1. The van der Waals surface area contributed by atoms with E-state index in [9.17, 15) is 14.4 Å². The first kappa shape index (κ1) is 25.5. The minimum atomic E-state index is -0.752. The number of carbonyl (C=O) groups excluding carboxylic acids is 3. The molecule has 2 heterocycles. The lowest BCUT2D eigenvalue weighted by molar-refractivity contribution is -0.125. The number of nitrogens with one attached hydrogen (secondary N) is 1. The molecule has 0 fully saturated rings. The predicted molar refractivity (Wildman–Crippen MR) is 141 cm³/mol. The SMILES string of the molecule is CCOC(=O)c1c(NC(C)=O)sc2c(O[C@@H](CC)C(=O)N3CCOc4ccc(C)cc43)c(C)ccc12. The standard InChI is InChI=1S/C27H30N2O6S/c1-6-20(26(31)29-12-13-34-21-11-8-15(3)14-19(21)29)35-23-16(4)9-10-18-22(27(32)33-7-2)25(28-17(5)30)36-24(18)23/h8-11,14,20H,6-7,12-13H2,1-5H3,(H,28,30)/t20-/m0/s1. The Morgan fingerprint density at radius 3 is 2.64 bits per heavy atom. The van der Waals surface area contributed by atoms with E-state index in [2.05, 4.69) is 5.32 Å². The van der Waals surface area contributed by atoms with Crippen LogP contribution in [0.5, 0.6) is 11.5 Å². The Morgan fingerprint density at radius 2 is 1.94 bits per heavy atom. The molecule has 1 aliphatic rings. The second-order valence-electron chi connectivity index (χ2n) is 8.62. The monoisotopic (exact) mass is 510 g/mol. The summed E-state index contributed by atoms with van der Waals surface area (Å²) >= 11 is 1.23. The van der Waals surface area contributed by atoms with Crippen LogP contribution in [0.1, 0.15) is 48.7 Å². The second-order valence-corrected chi connectivity index (χ2v) is 9.64. The fourth-order valence-electron chi connectivity index (χ4n) is 4.22. The first-order chi connectivity index (χ1) is 17.2. The van der Waals surface area contributed by atoms with Gasteiger partial charge in [-0.25, -0.2) is 4.79 Å². The van der Waals surface area contributed by atoms with Crippen LogP contribution < -0.4 is 19.7 Å². The molecule has 9 heteroatoms. The first-order valence-electron chi connectivity index (χ1n) is 12.0. The normalized spacial score (nSPS) is 13.5. The quantitative estimate of drug-likeness (QED) is 0.437. The van der Waals surface area contributed by atoms with E-state index in [0.717, 1.165) is 16.8 Å². The van der Waals surface area contributed by atoms with E-state index < -0.39 is 12.1 Å². The topological polar surface area (TPSA) is 94.2 Å². The van der Waals surface area contributed by atoms with Gasteiger partial charge in [-0.2, -0.15) is 0 Å². The van der Waals surface area contributed by atoms with Crippen molar-refractivity contribution in [1.82, 2.24) is 0 Å². The predicted octanol–water partition coefficient (Wildman–Crippen LogP) is 5.24.